The minimum absolute atomic E-state index is 0.0156. The van der Waals surface area contributed by atoms with Gasteiger partial charge in [-0.1, -0.05) is 85.1 Å². The van der Waals surface area contributed by atoms with Crippen LogP contribution in [0.3, 0.4) is 0 Å². The van der Waals surface area contributed by atoms with E-state index in [4.69, 9.17) is 23.2 Å². The molecule has 3 rings (SSSR count). The van der Waals surface area contributed by atoms with Crippen molar-refractivity contribution in [2.24, 2.45) is 0 Å². The molecule has 39 heavy (non-hydrogen) atoms. The highest BCUT2D eigenvalue weighted by atomic mass is 35.5. The molecule has 0 heterocycles. The summed E-state index contributed by atoms with van der Waals surface area (Å²) < 4.78 is 28.6. The molecule has 1 N–H and O–H groups in total. The van der Waals surface area contributed by atoms with E-state index in [1.165, 1.54) is 35.2 Å². The minimum atomic E-state index is -4.18. The summed E-state index contributed by atoms with van der Waals surface area (Å²) in [7, 11) is -4.18. The summed E-state index contributed by atoms with van der Waals surface area (Å²) in [6, 6.07) is 19.1. The maximum Gasteiger partial charge on any atom is 0.264 e. The van der Waals surface area contributed by atoms with Gasteiger partial charge in [-0.05, 0) is 55.7 Å². The van der Waals surface area contributed by atoms with Crippen LogP contribution in [0.2, 0.25) is 10.0 Å². The van der Waals surface area contributed by atoms with Crippen LogP contribution in [0.4, 0.5) is 5.69 Å². The Balaban J connectivity index is 2.06. The average Bonchev–Trinajstić information content (AvgIpc) is 2.92. The van der Waals surface area contributed by atoms with E-state index in [1.54, 1.807) is 18.2 Å². The molecule has 0 aliphatic rings. The molecule has 0 aliphatic heterocycles. The molecule has 0 bridgehead atoms. The van der Waals surface area contributed by atoms with Crippen molar-refractivity contribution in [2.75, 3.05) is 17.4 Å². The molecule has 0 spiro atoms. The first-order valence-corrected chi connectivity index (χ1v) is 14.9. The summed E-state index contributed by atoms with van der Waals surface area (Å²) in [5.74, 6) is -0.812. The smallest absolute Gasteiger partial charge is 0.264 e. The number of anilines is 1. The quantitative estimate of drug-likeness (QED) is 0.288. The van der Waals surface area contributed by atoms with Gasteiger partial charge in [0.25, 0.3) is 10.0 Å². The molecule has 7 nitrogen and oxygen atoms in total. The van der Waals surface area contributed by atoms with E-state index in [0.717, 1.165) is 21.9 Å². The van der Waals surface area contributed by atoms with E-state index in [0.29, 0.717) is 13.0 Å². The van der Waals surface area contributed by atoms with Crippen molar-refractivity contribution in [3.8, 4) is 0 Å². The standard InChI is InChI=1S/C29H33Cl2N3O4S/c1-4-16-32-29(36)27(5-2)33(19-22-11-9-10-21(3)17-22)28(35)20-34(23-14-15-25(30)26(31)18-23)39(37,38)24-12-7-6-8-13-24/h6-15,17-18,27H,4-5,16,19-20H2,1-3H3,(H,32,36)/t27-/m0/s1. The second kappa shape index (κ2) is 13.8. The van der Waals surface area contributed by atoms with Crippen molar-refractivity contribution in [1.29, 1.82) is 0 Å². The molecule has 0 radical (unpaired) electrons. The Hall–Kier alpha value is -3.07. The normalized spacial score (nSPS) is 12.0. The maximum atomic E-state index is 14.0. The lowest BCUT2D eigenvalue weighted by molar-refractivity contribution is -0.140. The summed E-state index contributed by atoms with van der Waals surface area (Å²) in [6.45, 7) is 5.78. The first kappa shape index (κ1) is 30.5. The van der Waals surface area contributed by atoms with Gasteiger partial charge in [0, 0.05) is 13.1 Å². The monoisotopic (exact) mass is 589 g/mol. The zero-order valence-electron chi connectivity index (χ0n) is 22.2. The predicted octanol–water partition coefficient (Wildman–Crippen LogP) is 5.83. The van der Waals surface area contributed by atoms with E-state index >= 15 is 0 Å². The van der Waals surface area contributed by atoms with Gasteiger partial charge in [0.2, 0.25) is 11.8 Å². The number of carbonyl (C=O) groups excluding carboxylic acids is 2. The molecule has 10 heteroatoms. The number of nitrogens with zero attached hydrogens (tertiary/aromatic N) is 2. The molecular formula is C29H33Cl2N3O4S. The lowest BCUT2D eigenvalue weighted by Gasteiger charge is -2.33. The Morgan fingerprint density at radius 3 is 2.26 bits per heavy atom. The summed E-state index contributed by atoms with van der Waals surface area (Å²) >= 11 is 12.3. The minimum Gasteiger partial charge on any atom is -0.354 e. The summed E-state index contributed by atoms with van der Waals surface area (Å²) in [4.78, 5) is 28.6. The SMILES string of the molecule is CCCNC(=O)[C@H](CC)N(Cc1cccc(C)c1)C(=O)CN(c1ccc(Cl)c(Cl)c1)S(=O)(=O)c1ccccc1. The molecule has 3 aromatic rings. The Kier molecular flexibility index (Phi) is 10.8. The third-order valence-electron chi connectivity index (χ3n) is 6.17. The van der Waals surface area contributed by atoms with Crippen molar-refractivity contribution in [2.45, 2.75) is 51.1 Å². The van der Waals surface area contributed by atoms with Crippen LogP contribution in [0.25, 0.3) is 0 Å². The number of carbonyl (C=O) groups is 2. The molecule has 0 fully saturated rings. The van der Waals surface area contributed by atoms with Crippen LogP contribution in [0, 0.1) is 6.92 Å². The fraction of sp³-hybridized carbons (Fsp3) is 0.310. The van der Waals surface area contributed by atoms with Crippen LogP contribution >= 0.6 is 23.2 Å². The second-order valence-corrected chi connectivity index (χ2v) is 11.8. The molecule has 208 valence electrons. The highest BCUT2D eigenvalue weighted by Crippen LogP contribution is 2.31. The van der Waals surface area contributed by atoms with Gasteiger partial charge in [0.05, 0.1) is 20.6 Å². The number of rotatable bonds is 12. The highest BCUT2D eigenvalue weighted by Gasteiger charge is 2.33. The van der Waals surface area contributed by atoms with E-state index in [2.05, 4.69) is 5.32 Å². The number of hydrogen-bond donors (Lipinski definition) is 1. The van der Waals surface area contributed by atoms with Crippen LogP contribution in [-0.2, 0) is 26.2 Å². The van der Waals surface area contributed by atoms with Crippen LogP contribution in [-0.4, -0.2) is 44.3 Å². The topological polar surface area (TPSA) is 86.8 Å². The molecule has 0 unspecified atom stereocenters. The highest BCUT2D eigenvalue weighted by molar-refractivity contribution is 7.92. The summed E-state index contributed by atoms with van der Waals surface area (Å²) in [5, 5.41) is 3.28. The van der Waals surface area contributed by atoms with Crippen LogP contribution in [0.5, 0.6) is 0 Å². The Labute approximate surface area is 240 Å². The van der Waals surface area contributed by atoms with E-state index < -0.39 is 28.5 Å². The number of benzene rings is 3. The molecule has 1 atom stereocenters. The average molecular weight is 591 g/mol. The van der Waals surface area contributed by atoms with Crippen molar-refractivity contribution < 1.29 is 18.0 Å². The third-order valence-corrected chi connectivity index (χ3v) is 8.70. The van der Waals surface area contributed by atoms with Gasteiger partial charge in [0.15, 0.2) is 0 Å². The van der Waals surface area contributed by atoms with Crippen LogP contribution < -0.4 is 9.62 Å². The van der Waals surface area contributed by atoms with Crippen molar-refractivity contribution >= 4 is 50.7 Å². The number of halogens is 2. The van der Waals surface area contributed by atoms with Crippen molar-refractivity contribution in [1.82, 2.24) is 10.2 Å². The predicted molar refractivity (Wildman–Crippen MR) is 157 cm³/mol. The lowest BCUT2D eigenvalue weighted by Crippen LogP contribution is -2.52. The Morgan fingerprint density at radius 2 is 1.64 bits per heavy atom. The fourth-order valence-corrected chi connectivity index (χ4v) is 5.90. The third kappa shape index (κ3) is 7.75. The first-order chi connectivity index (χ1) is 18.6. The molecular weight excluding hydrogens is 557 g/mol. The molecule has 2 amide bonds. The first-order valence-electron chi connectivity index (χ1n) is 12.7. The number of sulfonamides is 1. The van der Waals surface area contributed by atoms with Gasteiger partial charge in [-0.25, -0.2) is 8.42 Å². The van der Waals surface area contributed by atoms with Crippen LogP contribution in [0.1, 0.15) is 37.8 Å². The zero-order valence-corrected chi connectivity index (χ0v) is 24.6. The fourth-order valence-electron chi connectivity index (χ4n) is 4.18. The summed E-state index contributed by atoms with van der Waals surface area (Å²) in [6.07, 6.45) is 1.10. The van der Waals surface area contributed by atoms with Gasteiger partial charge < -0.3 is 10.2 Å². The van der Waals surface area contributed by atoms with Gasteiger partial charge in [0.1, 0.15) is 12.6 Å². The molecule has 0 aromatic heterocycles. The zero-order chi connectivity index (χ0) is 28.6. The number of nitrogens with one attached hydrogen (secondary N) is 1. The largest absolute Gasteiger partial charge is 0.354 e. The second-order valence-electron chi connectivity index (χ2n) is 9.15. The maximum absolute atomic E-state index is 14.0. The van der Waals surface area contributed by atoms with Crippen molar-refractivity contribution in [3.63, 3.8) is 0 Å². The van der Waals surface area contributed by atoms with Crippen molar-refractivity contribution in [3.05, 3.63) is 94.0 Å². The molecule has 0 saturated heterocycles. The summed E-state index contributed by atoms with van der Waals surface area (Å²) in [5.41, 5.74) is 2.02. The lowest BCUT2D eigenvalue weighted by atomic mass is 10.1. The van der Waals surface area contributed by atoms with Crippen LogP contribution in [0.15, 0.2) is 77.7 Å². The number of amides is 2. The Bertz CT molecular complexity index is 1400. The van der Waals surface area contributed by atoms with E-state index in [9.17, 15) is 18.0 Å². The Morgan fingerprint density at radius 1 is 0.923 bits per heavy atom. The molecule has 0 aliphatic carbocycles. The molecule has 3 aromatic carbocycles. The van der Waals surface area contributed by atoms with Gasteiger partial charge in [-0.2, -0.15) is 0 Å². The van der Waals surface area contributed by atoms with E-state index in [1.807, 2.05) is 45.0 Å². The van der Waals surface area contributed by atoms with Gasteiger partial charge >= 0.3 is 0 Å². The van der Waals surface area contributed by atoms with E-state index in [-0.39, 0.29) is 33.1 Å². The van der Waals surface area contributed by atoms with Gasteiger partial charge in [-0.15, -0.1) is 0 Å². The van der Waals surface area contributed by atoms with Gasteiger partial charge in [-0.3, -0.25) is 13.9 Å². The number of hydrogen-bond acceptors (Lipinski definition) is 4. The number of aryl methyl sites for hydroxylation is 1. The molecule has 0 saturated carbocycles.